The molecule has 0 spiro atoms. The predicted octanol–water partition coefficient (Wildman–Crippen LogP) is 5.86. The molecule has 0 radical (unpaired) electrons. The van der Waals surface area contributed by atoms with Crippen LogP contribution in [0, 0.1) is 0 Å². The summed E-state index contributed by atoms with van der Waals surface area (Å²) >= 11 is 15.3. The number of nitrogens with one attached hydrogen (secondary N) is 1. The molecule has 180 valence electrons. The average molecular weight is 538 g/mol. The zero-order valence-electron chi connectivity index (χ0n) is 18.6. The first kappa shape index (κ1) is 23.8. The fraction of sp³-hybridized carbons (Fsp3) is 0.435. The maximum absolute atomic E-state index is 12.8. The standard InChI is InChI=1S/C23H26Cl2N6OS2/c24-15-11-18(33-13-15)19-22(31-8-6-30(7-9-31)16-4-2-1-3-5-16)34-23(28-19)29-21(32)14-10-17(25)20(26)27-12-14/h10-13,16H,1-9H2,(H2,26,27)(H,28,29,32). The Labute approximate surface area is 216 Å². The van der Waals surface area contributed by atoms with Gasteiger partial charge in [-0.2, -0.15) is 0 Å². The highest BCUT2D eigenvalue weighted by molar-refractivity contribution is 7.21. The number of nitrogens with two attached hydrogens (primary N) is 1. The number of nitrogen functional groups attached to an aromatic ring is 1. The Kier molecular flexibility index (Phi) is 7.27. The van der Waals surface area contributed by atoms with Crippen LogP contribution >= 0.6 is 45.9 Å². The van der Waals surface area contributed by atoms with Crippen LogP contribution in [0.1, 0.15) is 42.5 Å². The highest BCUT2D eigenvalue weighted by Gasteiger charge is 2.28. The molecule has 0 aromatic carbocycles. The fourth-order valence-corrected chi connectivity index (χ4v) is 6.98. The van der Waals surface area contributed by atoms with Gasteiger partial charge in [0, 0.05) is 43.8 Å². The van der Waals surface area contributed by atoms with Gasteiger partial charge in [-0.25, -0.2) is 9.97 Å². The Bertz CT molecular complexity index is 1170. The number of rotatable bonds is 5. The average Bonchev–Trinajstić information content (AvgIpc) is 3.47. The van der Waals surface area contributed by atoms with E-state index in [4.69, 9.17) is 33.9 Å². The van der Waals surface area contributed by atoms with Crippen molar-refractivity contribution < 1.29 is 4.79 Å². The number of carbonyl (C=O) groups is 1. The molecule has 1 aliphatic heterocycles. The summed E-state index contributed by atoms with van der Waals surface area (Å²) in [4.78, 5) is 27.6. The lowest BCUT2D eigenvalue weighted by molar-refractivity contribution is 0.102. The van der Waals surface area contributed by atoms with Crippen molar-refractivity contribution in [2.45, 2.75) is 38.1 Å². The second-order valence-corrected chi connectivity index (χ2v) is 11.4. The number of halogens is 2. The molecule has 7 nitrogen and oxygen atoms in total. The van der Waals surface area contributed by atoms with Gasteiger partial charge in [-0.3, -0.25) is 15.0 Å². The molecule has 3 N–H and O–H groups in total. The number of pyridine rings is 1. The first-order valence-electron chi connectivity index (χ1n) is 11.4. The molecule has 34 heavy (non-hydrogen) atoms. The minimum atomic E-state index is -0.326. The summed E-state index contributed by atoms with van der Waals surface area (Å²) in [6, 6.07) is 4.17. The van der Waals surface area contributed by atoms with E-state index in [0.717, 1.165) is 47.8 Å². The number of thiazole rings is 1. The van der Waals surface area contributed by atoms with Crippen molar-refractivity contribution in [1.82, 2.24) is 14.9 Å². The second-order valence-electron chi connectivity index (χ2n) is 8.66. The van der Waals surface area contributed by atoms with Crippen LogP contribution in [0.15, 0.2) is 23.7 Å². The van der Waals surface area contributed by atoms with E-state index >= 15 is 0 Å². The summed E-state index contributed by atoms with van der Waals surface area (Å²) in [6.45, 7) is 3.97. The Morgan fingerprint density at radius 1 is 1.12 bits per heavy atom. The third-order valence-corrected chi connectivity index (χ3v) is 9.07. The van der Waals surface area contributed by atoms with Crippen molar-refractivity contribution in [3.63, 3.8) is 0 Å². The van der Waals surface area contributed by atoms with Crippen molar-refractivity contribution in [2.75, 3.05) is 42.1 Å². The number of nitrogens with zero attached hydrogens (tertiary/aromatic N) is 4. The van der Waals surface area contributed by atoms with Crippen molar-refractivity contribution in [3.05, 3.63) is 39.3 Å². The van der Waals surface area contributed by atoms with Crippen LogP contribution in [0.5, 0.6) is 0 Å². The smallest absolute Gasteiger partial charge is 0.259 e. The molecule has 0 atom stereocenters. The Morgan fingerprint density at radius 2 is 1.88 bits per heavy atom. The summed E-state index contributed by atoms with van der Waals surface area (Å²) in [5, 5.41) is 7.34. The summed E-state index contributed by atoms with van der Waals surface area (Å²) in [7, 11) is 0. The molecule has 0 bridgehead atoms. The molecular formula is C23H26Cl2N6OS2. The first-order chi connectivity index (χ1) is 16.5. The lowest BCUT2D eigenvalue weighted by Gasteiger charge is -2.41. The van der Waals surface area contributed by atoms with Gasteiger partial charge in [0.05, 0.1) is 20.5 Å². The summed E-state index contributed by atoms with van der Waals surface area (Å²) in [5.74, 6) is -0.133. The minimum absolute atomic E-state index is 0.194. The van der Waals surface area contributed by atoms with Crippen LogP contribution in [0.2, 0.25) is 10.0 Å². The topological polar surface area (TPSA) is 87.4 Å². The fourth-order valence-electron chi connectivity index (χ4n) is 4.66. The van der Waals surface area contributed by atoms with Gasteiger partial charge in [0.2, 0.25) is 0 Å². The first-order valence-corrected chi connectivity index (χ1v) is 13.9. The molecule has 2 fully saturated rings. The maximum Gasteiger partial charge on any atom is 0.259 e. The predicted molar refractivity (Wildman–Crippen MR) is 143 cm³/mol. The second kappa shape index (κ2) is 10.4. The van der Waals surface area contributed by atoms with Crippen LogP contribution in [0.25, 0.3) is 10.6 Å². The zero-order valence-corrected chi connectivity index (χ0v) is 21.7. The monoisotopic (exact) mass is 536 g/mol. The van der Waals surface area contributed by atoms with Gasteiger partial charge in [-0.15, -0.1) is 11.3 Å². The molecule has 3 aromatic heterocycles. The van der Waals surface area contributed by atoms with E-state index in [2.05, 4.69) is 20.1 Å². The highest BCUT2D eigenvalue weighted by atomic mass is 35.5. The summed E-state index contributed by atoms with van der Waals surface area (Å²) in [5.41, 5.74) is 6.86. The number of hydrogen-bond acceptors (Lipinski definition) is 8. The number of amides is 1. The molecule has 4 heterocycles. The number of anilines is 3. The lowest BCUT2D eigenvalue weighted by atomic mass is 9.94. The van der Waals surface area contributed by atoms with Gasteiger partial charge in [-0.1, -0.05) is 53.8 Å². The van der Waals surface area contributed by atoms with Crippen LogP contribution < -0.4 is 16.0 Å². The Balaban J connectivity index is 1.36. The van der Waals surface area contributed by atoms with Crippen LogP contribution in [0.4, 0.5) is 16.0 Å². The third kappa shape index (κ3) is 5.18. The lowest BCUT2D eigenvalue weighted by Crippen LogP contribution is -2.50. The van der Waals surface area contributed by atoms with Crippen LogP contribution in [-0.4, -0.2) is 53.0 Å². The van der Waals surface area contributed by atoms with E-state index in [9.17, 15) is 4.79 Å². The zero-order chi connectivity index (χ0) is 23.7. The van der Waals surface area contributed by atoms with Crippen molar-refractivity contribution in [3.8, 4) is 10.6 Å². The largest absolute Gasteiger partial charge is 0.382 e. The van der Waals surface area contributed by atoms with E-state index in [-0.39, 0.29) is 16.7 Å². The molecule has 1 amide bonds. The van der Waals surface area contributed by atoms with Crippen LogP contribution in [-0.2, 0) is 0 Å². The van der Waals surface area contributed by atoms with Gasteiger partial charge in [-0.05, 0) is 25.0 Å². The minimum Gasteiger partial charge on any atom is -0.382 e. The Morgan fingerprint density at radius 3 is 2.56 bits per heavy atom. The summed E-state index contributed by atoms with van der Waals surface area (Å²) < 4.78 is 0. The highest BCUT2D eigenvalue weighted by Crippen LogP contribution is 2.42. The molecule has 0 unspecified atom stereocenters. The number of piperazine rings is 1. The molecule has 1 saturated carbocycles. The maximum atomic E-state index is 12.8. The van der Waals surface area contributed by atoms with E-state index in [1.165, 1.54) is 55.7 Å². The third-order valence-electron chi connectivity index (χ3n) is 6.45. The molecule has 1 saturated heterocycles. The normalized spacial score (nSPS) is 17.8. The van der Waals surface area contributed by atoms with Crippen molar-refractivity contribution in [2.24, 2.45) is 0 Å². The van der Waals surface area contributed by atoms with Crippen LogP contribution in [0.3, 0.4) is 0 Å². The molecule has 2 aliphatic rings. The number of thiophene rings is 1. The van der Waals surface area contributed by atoms with Crippen molar-refractivity contribution >= 4 is 67.7 Å². The van der Waals surface area contributed by atoms with Crippen molar-refractivity contribution in [1.29, 1.82) is 0 Å². The quantitative estimate of drug-likeness (QED) is 0.424. The number of aromatic nitrogens is 2. The van der Waals surface area contributed by atoms with Gasteiger partial charge in [0.1, 0.15) is 16.5 Å². The van der Waals surface area contributed by atoms with Gasteiger partial charge in [0.25, 0.3) is 5.91 Å². The van der Waals surface area contributed by atoms with Gasteiger partial charge >= 0.3 is 0 Å². The molecule has 1 aliphatic carbocycles. The Hall–Kier alpha value is -1.91. The van der Waals surface area contributed by atoms with E-state index in [1.54, 1.807) is 11.3 Å². The number of carbonyl (C=O) groups excluding carboxylic acids is 1. The van der Waals surface area contributed by atoms with Gasteiger partial charge in [0.15, 0.2) is 5.13 Å². The molecule has 11 heteroatoms. The van der Waals surface area contributed by atoms with E-state index < -0.39 is 0 Å². The number of hydrogen-bond donors (Lipinski definition) is 2. The molecule has 3 aromatic rings. The summed E-state index contributed by atoms with van der Waals surface area (Å²) in [6.07, 6.45) is 8.12. The SMILES string of the molecule is Nc1ncc(C(=O)Nc2nc(-c3cc(Cl)cs3)c(N3CCN(C4CCCCC4)CC3)s2)cc1Cl. The van der Waals surface area contributed by atoms with E-state index in [1.807, 2.05) is 11.4 Å². The van der Waals surface area contributed by atoms with E-state index in [0.29, 0.717) is 15.7 Å². The van der Waals surface area contributed by atoms with Gasteiger partial charge < -0.3 is 10.6 Å². The molecular weight excluding hydrogens is 511 g/mol. The molecule has 5 rings (SSSR count).